The van der Waals surface area contributed by atoms with E-state index in [-0.39, 0.29) is 12.2 Å². The van der Waals surface area contributed by atoms with E-state index in [1.54, 1.807) is 0 Å². The largest absolute Gasteiger partial charge is 0.454 e. The topological polar surface area (TPSA) is 0 Å². The molecule has 0 unspecified atom stereocenters. The molecule has 21 heavy (non-hydrogen) atoms. The van der Waals surface area contributed by atoms with E-state index in [0.717, 1.165) is 12.2 Å². The van der Waals surface area contributed by atoms with Crippen LogP contribution in [0.5, 0.6) is 0 Å². The summed E-state index contributed by atoms with van der Waals surface area (Å²) in [5.74, 6) is -12.7. The highest BCUT2D eigenvalue weighted by atomic mass is 19.4. The number of rotatable bonds is 2. The molecule has 0 bridgehead atoms. The molecule has 0 aromatic carbocycles. The molecular weight excluding hydrogens is 322 g/mol. The highest BCUT2D eigenvalue weighted by Crippen LogP contribution is 2.61. The van der Waals surface area contributed by atoms with Gasteiger partial charge in [0.05, 0.1) is 0 Å². The van der Waals surface area contributed by atoms with Crippen molar-refractivity contribution in [3.63, 3.8) is 0 Å². The summed E-state index contributed by atoms with van der Waals surface area (Å²) in [6, 6.07) is 0. The Hall–Kier alpha value is -1.48. The SMILES string of the molecule is FC(F)(F)C(F)(F)C1(C(F)(F)C(F)(F)F)C=CC=CC=C1. The van der Waals surface area contributed by atoms with Crippen LogP contribution >= 0.6 is 0 Å². The maximum Gasteiger partial charge on any atom is 0.454 e. The molecule has 0 N–H and O–H groups in total. The van der Waals surface area contributed by atoms with Gasteiger partial charge in [0.25, 0.3) is 0 Å². The highest BCUT2D eigenvalue weighted by molar-refractivity contribution is 5.33. The lowest BCUT2D eigenvalue weighted by molar-refractivity contribution is -0.384. The van der Waals surface area contributed by atoms with Crippen LogP contribution < -0.4 is 0 Å². The minimum atomic E-state index is -6.61. The molecule has 1 rings (SSSR count). The minimum absolute atomic E-state index is 0.277. The van der Waals surface area contributed by atoms with E-state index >= 15 is 0 Å². The van der Waals surface area contributed by atoms with Gasteiger partial charge in [-0.1, -0.05) is 36.5 Å². The van der Waals surface area contributed by atoms with Crippen LogP contribution in [-0.2, 0) is 0 Å². The first-order chi connectivity index (χ1) is 9.21. The van der Waals surface area contributed by atoms with E-state index in [1.165, 1.54) is 0 Å². The van der Waals surface area contributed by atoms with Crippen LogP contribution in [-0.4, -0.2) is 24.2 Å². The molecule has 0 atom stereocenters. The maximum atomic E-state index is 13.4. The predicted molar refractivity (Wildman–Crippen MR) is 51.9 cm³/mol. The number of alkyl halides is 10. The first kappa shape index (κ1) is 17.6. The van der Waals surface area contributed by atoms with E-state index < -0.39 is 41.8 Å². The van der Waals surface area contributed by atoms with E-state index in [9.17, 15) is 43.9 Å². The van der Waals surface area contributed by atoms with Gasteiger partial charge in [0.2, 0.25) is 0 Å². The summed E-state index contributed by atoms with van der Waals surface area (Å²) in [5, 5.41) is 0. The molecule has 0 heterocycles. The molecular formula is C11H6F10. The van der Waals surface area contributed by atoms with Crippen LogP contribution in [0.4, 0.5) is 43.9 Å². The van der Waals surface area contributed by atoms with Crippen LogP contribution in [0.2, 0.25) is 0 Å². The molecule has 0 aliphatic heterocycles. The standard InChI is InChI=1S/C11H6F10/c12-8(13,10(16,17)18)7(5-3-1-2-4-6-7)9(14,15)11(19,20)21/h1-6H. The Kier molecular flexibility index (Phi) is 3.99. The molecule has 0 aromatic heterocycles. The number of allylic oxidation sites excluding steroid dienone is 6. The fourth-order valence-corrected chi connectivity index (χ4v) is 1.68. The lowest BCUT2D eigenvalue weighted by Crippen LogP contribution is -2.63. The first-order valence-corrected chi connectivity index (χ1v) is 5.13. The van der Waals surface area contributed by atoms with E-state index in [0.29, 0.717) is 0 Å². The molecule has 10 heteroatoms. The average Bonchev–Trinajstić information content (AvgIpc) is 2.52. The van der Waals surface area contributed by atoms with E-state index in [2.05, 4.69) is 0 Å². The van der Waals surface area contributed by atoms with Crippen molar-refractivity contribution in [3.05, 3.63) is 36.5 Å². The molecule has 0 aromatic rings. The Morgan fingerprint density at radius 2 is 0.762 bits per heavy atom. The van der Waals surface area contributed by atoms with Crippen molar-refractivity contribution in [1.29, 1.82) is 0 Å². The van der Waals surface area contributed by atoms with Crippen LogP contribution in [0, 0.1) is 5.41 Å². The van der Waals surface area contributed by atoms with E-state index in [1.807, 2.05) is 0 Å². The van der Waals surface area contributed by atoms with Gasteiger partial charge in [-0.15, -0.1) is 0 Å². The van der Waals surface area contributed by atoms with Gasteiger partial charge in [-0.05, 0) is 0 Å². The van der Waals surface area contributed by atoms with Gasteiger partial charge in [-0.3, -0.25) is 0 Å². The molecule has 0 saturated carbocycles. The van der Waals surface area contributed by atoms with Gasteiger partial charge in [0.15, 0.2) is 5.41 Å². The zero-order valence-electron chi connectivity index (χ0n) is 9.74. The third-order valence-electron chi connectivity index (χ3n) is 2.80. The minimum Gasteiger partial charge on any atom is -0.195 e. The Bertz CT molecular complexity index is 430. The number of halogens is 10. The van der Waals surface area contributed by atoms with Gasteiger partial charge in [-0.25, -0.2) is 0 Å². The molecule has 1 aliphatic rings. The van der Waals surface area contributed by atoms with Gasteiger partial charge in [0.1, 0.15) is 0 Å². The van der Waals surface area contributed by atoms with Crippen molar-refractivity contribution in [2.45, 2.75) is 24.2 Å². The quantitative estimate of drug-likeness (QED) is 0.622. The summed E-state index contributed by atoms with van der Waals surface area (Å²) in [5.41, 5.74) is -4.92. The fourth-order valence-electron chi connectivity index (χ4n) is 1.68. The zero-order valence-corrected chi connectivity index (χ0v) is 9.74. The molecule has 0 amide bonds. The Labute approximate surface area is 111 Å². The van der Waals surface area contributed by atoms with Crippen molar-refractivity contribution < 1.29 is 43.9 Å². The van der Waals surface area contributed by atoms with Crippen molar-refractivity contribution in [3.8, 4) is 0 Å². The van der Waals surface area contributed by atoms with Crippen LogP contribution in [0.3, 0.4) is 0 Å². The molecule has 0 radical (unpaired) electrons. The second kappa shape index (κ2) is 4.77. The summed E-state index contributed by atoms with van der Waals surface area (Å²) in [6.07, 6.45) is -12.2. The van der Waals surface area contributed by atoms with Crippen molar-refractivity contribution in [2.24, 2.45) is 5.41 Å². The van der Waals surface area contributed by atoms with Crippen molar-refractivity contribution >= 4 is 0 Å². The third-order valence-corrected chi connectivity index (χ3v) is 2.80. The number of hydrogen-bond donors (Lipinski definition) is 0. The fraction of sp³-hybridized carbons (Fsp3) is 0.455. The van der Waals surface area contributed by atoms with Gasteiger partial charge in [0, 0.05) is 0 Å². The van der Waals surface area contributed by atoms with Crippen molar-refractivity contribution in [2.75, 3.05) is 0 Å². The molecule has 120 valence electrons. The summed E-state index contributed by atoms with van der Waals surface area (Å²) in [6.45, 7) is 0. The van der Waals surface area contributed by atoms with Gasteiger partial charge < -0.3 is 0 Å². The summed E-state index contributed by atoms with van der Waals surface area (Å²) in [4.78, 5) is 0. The Morgan fingerprint density at radius 3 is 1.00 bits per heavy atom. The highest BCUT2D eigenvalue weighted by Gasteiger charge is 2.82. The van der Waals surface area contributed by atoms with Gasteiger partial charge in [-0.2, -0.15) is 43.9 Å². The smallest absolute Gasteiger partial charge is 0.195 e. The van der Waals surface area contributed by atoms with Gasteiger partial charge >= 0.3 is 24.2 Å². The van der Waals surface area contributed by atoms with Crippen LogP contribution in [0.25, 0.3) is 0 Å². The molecule has 1 aliphatic carbocycles. The second-order valence-electron chi connectivity index (χ2n) is 4.12. The summed E-state index contributed by atoms with van der Waals surface area (Å²) < 4.78 is 128. The lowest BCUT2D eigenvalue weighted by atomic mass is 9.73. The third kappa shape index (κ3) is 2.44. The molecule has 0 spiro atoms. The Morgan fingerprint density at radius 1 is 0.476 bits per heavy atom. The summed E-state index contributed by atoms with van der Waals surface area (Å²) in [7, 11) is 0. The zero-order chi connectivity index (χ0) is 16.7. The lowest BCUT2D eigenvalue weighted by Gasteiger charge is -2.42. The molecule has 0 fully saturated rings. The predicted octanol–water partition coefficient (Wildman–Crippen LogP) is 5.05. The number of hydrogen-bond acceptors (Lipinski definition) is 0. The first-order valence-electron chi connectivity index (χ1n) is 5.13. The second-order valence-corrected chi connectivity index (χ2v) is 4.12. The maximum absolute atomic E-state index is 13.4. The van der Waals surface area contributed by atoms with Crippen molar-refractivity contribution in [1.82, 2.24) is 0 Å². The Balaban J connectivity index is 3.69. The van der Waals surface area contributed by atoms with E-state index in [4.69, 9.17) is 0 Å². The molecule has 0 saturated heterocycles. The van der Waals surface area contributed by atoms with Crippen LogP contribution in [0.1, 0.15) is 0 Å². The summed E-state index contributed by atoms with van der Waals surface area (Å²) >= 11 is 0. The monoisotopic (exact) mass is 328 g/mol. The average molecular weight is 328 g/mol. The normalized spacial score (nSPS) is 19.7. The molecule has 0 nitrogen and oxygen atoms in total. The van der Waals surface area contributed by atoms with Crippen LogP contribution in [0.15, 0.2) is 36.5 Å².